The fourth-order valence-corrected chi connectivity index (χ4v) is 6.12. The van der Waals surface area contributed by atoms with Gasteiger partial charge in [-0.3, -0.25) is 4.79 Å². The molecule has 1 aliphatic rings. The molecule has 0 spiro atoms. The third-order valence-corrected chi connectivity index (χ3v) is 7.71. The van der Waals surface area contributed by atoms with Crippen LogP contribution in [-0.4, -0.2) is 38.4 Å². The van der Waals surface area contributed by atoms with E-state index in [1.807, 2.05) is 6.92 Å². The molecule has 0 saturated carbocycles. The third kappa shape index (κ3) is 3.40. The van der Waals surface area contributed by atoms with Gasteiger partial charge in [-0.15, -0.1) is 11.3 Å². The number of thiophene rings is 1. The van der Waals surface area contributed by atoms with E-state index in [2.05, 4.69) is 10.8 Å². The number of nitrogens with zero attached hydrogens (tertiary/aromatic N) is 2. The molecule has 0 radical (unpaired) electrons. The molecule has 1 amide bonds. The minimum Gasteiger partial charge on any atom is -0.341 e. The average Bonchev–Trinajstić information content (AvgIpc) is 3.08. The summed E-state index contributed by atoms with van der Waals surface area (Å²) < 4.78 is 29.4. The van der Waals surface area contributed by atoms with Crippen molar-refractivity contribution in [3.63, 3.8) is 0 Å². The van der Waals surface area contributed by atoms with Crippen molar-refractivity contribution in [3.8, 4) is 6.07 Å². The van der Waals surface area contributed by atoms with Crippen molar-refractivity contribution in [2.75, 3.05) is 13.1 Å². The number of aryl methyl sites for hydroxylation is 1. The fraction of sp³-hybridized carbons (Fsp3) is 0.412. The molecule has 0 aliphatic carbocycles. The normalized spacial score (nSPS) is 18.0. The molecule has 132 valence electrons. The molecular formula is C17H19N3O3S2. The van der Waals surface area contributed by atoms with Gasteiger partial charge in [0.05, 0.1) is 11.6 Å². The second-order valence-corrected chi connectivity index (χ2v) is 9.16. The molecule has 3 rings (SSSR count). The van der Waals surface area contributed by atoms with Gasteiger partial charge in [-0.1, -0.05) is 6.92 Å². The van der Waals surface area contributed by atoms with Crippen molar-refractivity contribution in [2.45, 2.75) is 36.9 Å². The first-order valence-corrected chi connectivity index (χ1v) is 10.4. The standard InChI is InChI=1S/C17H19N3O3S2/c1-3-6-20-10-13(8-16(20)21)19-25(22,23)17-11(2)14-7-12(9-18)4-5-15(14)24-17/h4-5,7,13,19H,3,6,8,10H2,1-2H3. The van der Waals surface area contributed by atoms with Gasteiger partial charge >= 0.3 is 0 Å². The first kappa shape index (κ1) is 17.9. The number of likely N-dealkylation sites (tertiary alicyclic amines) is 1. The van der Waals surface area contributed by atoms with Crippen molar-refractivity contribution in [2.24, 2.45) is 0 Å². The second-order valence-electron chi connectivity index (χ2n) is 6.20. The van der Waals surface area contributed by atoms with Crippen LogP contribution in [0.4, 0.5) is 0 Å². The predicted molar refractivity (Wildman–Crippen MR) is 96.9 cm³/mol. The number of carbonyl (C=O) groups excluding carboxylic acids is 1. The summed E-state index contributed by atoms with van der Waals surface area (Å²) in [6.07, 6.45) is 1.05. The van der Waals surface area contributed by atoms with Gasteiger partial charge < -0.3 is 4.90 Å². The monoisotopic (exact) mass is 377 g/mol. The van der Waals surface area contributed by atoms with Gasteiger partial charge in [-0.25, -0.2) is 13.1 Å². The van der Waals surface area contributed by atoms with Crippen LogP contribution in [0.2, 0.25) is 0 Å². The first-order valence-electron chi connectivity index (χ1n) is 8.09. The number of sulfonamides is 1. The summed E-state index contributed by atoms with van der Waals surface area (Å²) in [4.78, 5) is 13.6. The molecule has 1 saturated heterocycles. The SMILES string of the molecule is CCCN1CC(NS(=O)(=O)c2sc3ccc(C#N)cc3c2C)CC1=O. The van der Waals surface area contributed by atoms with Gasteiger partial charge in [0.2, 0.25) is 5.91 Å². The van der Waals surface area contributed by atoms with Crippen LogP contribution >= 0.6 is 11.3 Å². The van der Waals surface area contributed by atoms with Crippen LogP contribution < -0.4 is 4.72 Å². The van der Waals surface area contributed by atoms with E-state index in [9.17, 15) is 13.2 Å². The number of amides is 1. The maximum atomic E-state index is 12.8. The fourth-order valence-electron chi connectivity index (χ4n) is 3.13. The summed E-state index contributed by atoms with van der Waals surface area (Å²) in [7, 11) is -3.71. The van der Waals surface area contributed by atoms with Gasteiger partial charge in [0, 0.05) is 30.3 Å². The summed E-state index contributed by atoms with van der Waals surface area (Å²) >= 11 is 1.19. The lowest BCUT2D eigenvalue weighted by Crippen LogP contribution is -2.37. The maximum absolute atomic E-state index is 12.8. The quantitative estimate of drug-likeness (QED) is 0.866. The van der Waals surface area contributed by atoms with Gasteiger partial charge in [0.15, 0.2) is 0 Å². The van der Waals surface area contributed by atoms with E-state index < -0.39 is 16.1 Å². The number of nitrogens with one attached hydrogen (secondary N) is 1. The Balaban J connectivity index is 1.88. The average molecular weight is 377 g/mol. The van der Waals surface area contributed by atoms with Crippen molar-refractivity contribution in [3.05, 3.63) is 29.3 Å². The lowest BCUT2D eigenvalue weighted by molar-refractivity contribution is -0.127. The molecule has 8 heteroatoms. The summed E-state index contributed by atoms with van der Waals surface area (Å²) in [6.45, 7) is 4.79. The zero-order valence-corrected chi connectivity index (χ0v) is 15.7. The lowest BCUT2D eigenvalue weighted by Gasteiger charge is -2.16. The molecule has 2 heterocycles. The van der Waals surface area contributed by atoms with Gasteiger partial charge in [0.1, 0.15) is 4.21 Å². The van der Waals surface area contributed by atoms with E-state index in [1.165, 1.54) is 11.3 Å². The maximum Gasteiger partial charge on any atom is 0.250 e. The smallest absolute Gasteiger partial charge is 0.250 e. The van der Waals surface area contributed by atoms with Crippen molar-refractivity contribution in [1.82, 2.24) is 9.62 Å². The topological polar surface area (TPSA) is 90.3 Å². The number of fused-ring (bicyclic) bond motifs is 1. The highest BCUT2D eigenvalue weighted by Gasteiger charge is 2.33. The largest absolute Gasteiger partial charge is 0.341 e. The predicted octanol–water partition coefficient (Wildman–Crippen LogP) is 2.37. The zero-order chi connectivity index (χ0) is 18.2. The Morgan fingerprint density at radius 2 is 2.20 bits per heavy atom. The van der Waals surface area contributed by atoms with Crippen LogP contribution in [0.15, 0.2) is 22.4 Å². The Labute approximate surface area is 151 Å². The number of benzene rings is 1. The number of carbonyl (C=O) groups is 1. The highest BCUT2D eigenvalue weighted by Crippen LogP contribution is 2.34. The molecule has 1 aromatic carbocycles. The second kappa shape index (κ2) is 6.75. The van der Waals surface area contributed by atoms with Gasteiger partial charge in [-0.2, -0.15) is 5.26 Å². The van der Waals surface area contributed by atoms with Crippen LogP contribution in [0.5, 0.6) is 0 Å². The highest BCUT2D eigenvalue weighted by atomic mass is 32.2. The molecule has 2 aromatic rings. The van der Waals surface area contributed by atoms with Gasteiger partial charge in [0.25, 0.3) is 10.0 Å². The number of hydrogen-bond donors (Lipinski definition) is 1. The van der Waals surface area contributed by atoms with Crippen molar-refractivity contribution >= 4 is 37.4 Å². The van der Waals surface area contributed by atoms with Crippen LogP contribution in [0.1, 0.15) is 30.9 Å². The molecule has 1 aromatic heterocycles. The molecule has 1 unspecified atom stereocenters. The lowest BCUT2D eigenvalue weighted by atomic mass is 10.1. The zero-order valence-electron chi connectivity index (χ0n) is 14.1. The van der Waals surface area contributed by atoms with E-state index in [-0.39, 0.29) is 16.5 Å². The Bertz CT molecular complexity index is 973. The van der Waals surface area contributed by atoms with E-state index in [1.54, 1.807) is 30.0 Å². The van der Waals surface area contributed by atoms with Crippen LogP contribution in [-0.2, 0) is 14.8 Å². The summed E-state index contributed by atoms with van der Waals surface area (Å²) in [5, 5.41) is 9.80. The molecule has 6 nitrogen and oxygen atoms in total. The number of rotatable bonds is 5. The first-order chi connectivity index (χ1) is 11.9. The third-order valence-electron chi connectivity index (χ3n) is 4.30. The number of hydrogen-bond acceptors (Lipinski definition) is 5. The molecule has 1 N–H and O–H groups in total. The van der Waals surface area contributed by atoms with Crippen LogP contribution in [0.3, 0.4) is 0 Å². The summed E-state index contributed by atoms with van der Waals surface area (Å²) in [5.41, 5.74) is 1.14. The van der Waals surface area contributed by atoms with Crippen LogP contribution in [0.25, 0.3) is 10.1 Å². The molecular weight excluding hydrogens is 358 g/mol. The van der Waals surface area contributed by atoms with E-state index in [0.29, 0.717) is 24.2 Å². The van der Waals surface area contributed by atoms with E-state index >= 15 is 0 Å². The van der Waals surface area contributed by atoms with E-state index in [4.69, 9.17) is 5.26 Å². The van der Waals surface area contributed by atoms with Crippen molar-refractivity contribution < 1.29 is 13.2 Å². The van der Waals surface area contributed by atoms with Gasteiger partial charge in [-0.05, 0) is 42.5 Å². The molecule has 0 bridgehead atoms. The Morgan fingerprint density at radius 3 is 2.88 bits per heavy atom. The number of nitriles is 1. The molecule has 1 atom stereocenters. The summed E-state index contributed by atoms with van der Waals surface area (Å²) in [5.74, 6) is -0.0127. The Morgan fingerprint density at radius 1 is 1.44 bits per heavy atom. The summed E-state index contributed by atoms with van der Waals surface area (Å²) in [6, 6.07) is 6.83. The van der Waals surface area contributed by atoms with E-state index in [0.717, 1.165) is 16.5 Å². The molecule has 1 aliphatic heterocycles. The minimum atomic E-state index is -3.71. The minimum absolute atomic E-state index is 0.0127. The van der Waals surface area contributed by atoms with Crippen molar-refractivity contribution in [1.29, 1.82) is 5.26 Å². The molecule has 1 fully saturated rings. The Hall–Kier alpha value is -1.95. The van der Waals surface area contributed by atoms with Crippen LogP contribution in [0, 0.1) is 18.3 Å². The highest BCUT2D eigenvalue weighted by molar-refractivity contribution is 7.91. The molecule has 25 heavy (non-hydrogen) atoms. The Kier molecular flexibility index (Phi) is 4.82.